The molecule has 1 aromatic rings. The molecule has 9 heteroatoms. The first-order chi connectivity index (χ1) is 10.1. The molecule has 0 saturated heterocycles. The highest BCUT2D eigenvalue weighted by atomic mass is 19.4. The molecule has 22 heavy (non-hydrogen) atoms. The predicted molar refractivity (Wildman–Crippen MR) is 63.4 cm³/mol. The smallest absolute Gasteiger partial charge is 0.465 e. The van der Waals surface area contributed by atoms with E-state index in [1.165, 1.54) is 12.1 Å². The Morgan fingerprint density at radius 3 is 2.05 bits per heavy atom. The Bertz CT molecular complexity index is 536. The highest BCUT2D eigenvalue weighted by Crippen LogP contribution is 2.36. The lowest BCUT2D eigenvalue weighted by atomic mass is 10.1. The maximum atomic E-state index is 12.7. The Hall–Kier alpha value is -2.19. The van der Waals surface area contributed by atoms with E-state index in [2.05, 4.69) is 9.47 Å². The number of carbonyl (C=O) groups is 2. The zero-order valence-corrected chi connectivity index (χ0v) is 11.2. The van der Waals surface area contributed by atoms with Gasteiger partial charge in [-0.05, 0) is 24.6 Å². The average molecular weight is 326 g/mol. The lowest BCUT2D eigenvalue weighted by Crippen LogP contribution is -2.46. The summed E-state index contributed by atoms with van der Waals surface area (Å²) >= 11 is 0. The number of hydrogen-bond donors (Lipinski definition) is 0. The Balaban J connectivity index is 2.72. The number of hydrogen-bond acceptors (Lipinski definition) is 4. The summed E-state index contributed by atoms with van der Waals surface area (Å²) in [5.74, 6) is -9.35. The number of benzene rings is 1. The van der Waals surface area contributed by atoms with Crippen molar-refractivity contribution < 1.29 is 41.0 Å². The van der Waals surface area contributed by atoms with E-state index in [4.69, 9.17) is 0 Å². The summed E-state index contributed by atoms with van der Waals surface area (Å²) in [4.78, 5) is 22.0. The lowest BCUT2D eigenvalue weighted by molar-refractivity contribution is -0.276. The molecule has 1 aromatic carbocycles. The van der Waals surface area contributed by atoms with Gasteiger partial charge < -0.3 is 9.47 Å². The number of ether oxygens (including phenoxy) is 2. The van der Waals surface area contributed by atoms with Crippen LogP contribution in [0.5, 0.6) is 5.75 Å². The number of carbonyl (C=O) groups excluding carboxylic acids is 2. The number of rotatable bonds is 5. The molecule has 0 aromatic heterocycles. The zero-order chi connectivity index (χ0) is 17.0. The van der Waals surface area contributed by atoms with Gasteiger partial charge in [0.25, 0.3) is 0 Å². The van der Waals surface area contributed by atoms with Crippen LogP contribution in [0.3, 0.4) is 0 Å². The molecule has 0 bridgehead atoms. The van der Waals surface area contributed by atoms with E-state index in [1.807, 2.05) is 0 Å². The molecule has 0 radical (unpaired) electrons. The summed E-state index contributed by atoms with van der Waals surface area (Å²) in [6, 6.07) is 4.48. The third kappa shape index (κ3) is 4.40. The monoisotopic (exact) mass is 326 g/mol. The van der Waals surface area contributed by atoms with Crippen LogP contribution in [-0.2, 0) is 20.7 Å². The molecule has 0 spiro atoms. The summed E-state index contributed by atoms with van der Waals surface area (Å²) < 4.78 is 69.9. The summed E-state index contributed by atoms with van der Waals surface area (Å²) in [7, 11) is 0. The van der Waals surface area contributed by atoms with E-state index in [0.29, 0.717) is 5.56 Å². The van der Waals surface area contributed by atoms with Crippen molar-refractivity contribution in [3.8, 4) is 5.75 Å². The molecule has 0 fully saturated rings. The van der Waals surface area contributed by atoms with Crippen LogP contribution in [-0.4, -0.2) is 30.6 Å². The second kappa shape index (κ2) is 6.71. The fraction of sp³-hybridized carbons (Fsp3) is 0.385. The largest absolute Gasteiger partial charge is 0.466 e. The van der Waals surface area contributed by atoms with E-state index in [-0.39, 0.29) is 13.0 Å². The minimum atomic E-state index is -6.03. The van der Waals surface area contributed by atoms with Gasteiger partial charge in [-0.25, -0.2) is 4.79 Å². The SMILES string of the molecule is CCOC(=O)Cc1ccc(OC(=O)C(F)(F)C(F)(F)F)cc1. The fourth-order valence-electron chi connectivity index (χ4n) is 1.34. The van der Waals surface area contributed by atoms with Gasteiger partial charge in [-0.2, -0.15) is 22.0 Å². The van der Waals surface area contributed by atoms with Gasteiger partial charge in [-0.3, -0.25) is 4.79 Å². The molecule has 122 valence electrons. The number of esters is 2. The summed E-state index contributed by atoms with van der Waals surface area (Å²) in [6.07, 6.45) is -6.14. The van der Waals surface area contributed by atoms with Crippen molar-refractivity contribution in [2.24, 2.45) is 0 Å². The van der Waals surface area contributed by atoms with Gasteiger partial charge in [-0.15, -0.1) is 0 Å². The Kier molecular flexibility index (Phi) is 5.45. The quantitative estimate of drug-likeness (QED) is 0.474. The van der Waals surface area contributed by atoms with Crippen molar-refractivity contribution in [3.05, 3.63) is 29.8 Å². The molecule has 1 rings (SSSR count). The minimum absolute atomic E-state index is 0.110. The molecule has 4 nitrogen and oxygen atoms in total. The second-order valence-electron chi connectivity index (χ2n) is 4.09. The number of alkyl halides is 5. The topological polar surface area (TPSA) is 52.6 Å². The lowest BCUT2D eigenvalue weighted by Gasteiger charge is -2.17. The van der Waals surface area contributed by atoms with Crippen molar-refractivity contribution in [2.45, 2.75) is 25.4 Å². The van der Waals surface area contributed by atoms with E-state index in [1.54, 1.807) is 6.92 Å². The molecular weight excluding hydrogens is 315 g/mol. The minimum Gasteiger partial charge on any atom is -0.466 e. The van der Waals surface area contributed by atoms with Crippen LogP contribution in [0.1, 0.15) is 12.5 Å². The maximum absolute atomic E-state index is 12.7. The van der Waals surface area contributed by atoms with Crippen LogP contribution in [0.15, 0.2) is 24.3 Å². The van der Waals surface area contributed by atoms with Crippen molar-refractivity contribution in [3.63, 3.8) is 0 Å². The molecule has 0 heterocycles. The van der Waals surface area contributed by atoms with Gasteiger partial charge in [0.1, 0.15) is 5.75 Å². The maximum Gasteiger partial charge on any atom is 0.465 e. The molecular formula is C13H11F5O4. The Morgan fingerprint density at radius 2 is 1.59 bits per heavy atom. The molecule has 0 unspecified atom stereocenters. The molecule has 0 saturated carbocycles. The first-order valence-corrected chi connectivity index (χ1v) is 5.99. The standard InChI is InChI=1S/C13H11F5O4/c1-2-21-10(19)7-8-3-5-9(6-4-8)22-11(20)12(14,15)13(16,17)18/h3-6H,2,7H2,1H3. The fourth-order valence-corrected chi connectivity index (χ4v) is 1.34. The van der Waals surface area contributed by atoms with Crippen molar-refractivity contribution in [2.75, 3.05) is 6.61 Å². The first kappa shape index (κ1) is 17.9. The van der Waals surface area contributed by atoms with Gasteiger partial charge in [0.05, 0.1) is 13.0 Å². The van der Waals surface area contributed by atoms with Crippen molar-refractivity contribution in [1.82, 2.24) is 0 Å². The summed E-state index contributed by atoms with van der Waals surface area (Å²) in [5.41, 5.74) is 0.417. The van der Waals surface area contributed by atoms with Crippen LogP contribution >= 0.6 is 0 Å². The summed E-state index contributed by atoms with van der Waals surface area (Å²) in [6.45, 7) is 1.79. The Morgan fingerprint density at radius 1 is 1.05 bits per heavy atom. The number of halogens is 5. The van der Waals surface area contributed by atoms with Gasteiger partial charge in [0.15, 0.2) is 0 Å². The Labute approximate surface area is 121 Å². The summed E-state index contributed by atoms with van der Waals surface area (Å²) in [5, 5.41) is 0. The van der Waals surface area contributed by atoms with Gasteiger partial charge >= 0.3 is 24.0 Å². The van der Waals surface area contributed by atoms with Gasteiger partial charge in [0.2, 0.25) is 0 Å². The highest BCUT2D eigenvalue weighted by molar-refractivity contribution is 5.81. The molecule has 0 atom stereocenters. The van der Waals surface area contributed by atoms with E-state index >= 15 is 0 Å². The third-order valence-corrected chi connectivity index (χ3v) is 2.40. The molecule has 0 amide bonds. The first-order valence-electron chi connectivity index (χ1n) is 5.99. The van der Waals surface area contributed by atoms with E-state index < -0.39 is 29.8 Å². The van der Waals surface area contributed by atoms with Crippen molar-refractivity contribution in [1.29, 1.82) is 0 Å². The molecule has 0 aliphatic carbocycles. The highest BCUT2D eigenvalue weighted by Gasteiger charge is 2.65. The van der Waals surface area contributed by atoms with Crippen LogP contribution in [0.4, 0.5) is 22.0 Å². The van der Waals surface area contributed by atoms with Crippen LogP contribution in [0, 0.1) is 0 Å². The van der Waals surface area contributed by atoms with Gasteiger partial charge in [0, 0.05) is 0 Å². The van der Waals surface area contributed by atoms with Gasteiger partial charge in [-0.1, -0.05) is 12.1 Å². The zero-order valence-electron chi connectivity index (χ0n) is 11.2. The average Bonchev–Trinajstić information content (AvgIpc) is 2.39. The third-order valence-electron chi connectivity index (χ3n) is 2.40. The molecule has 0 aliphatic heterocycles. The molecule has 0 N–H and O–H groups in total. The van der Waals surface area contributed by atoms with Crippen molar-refractivity contribution >= 4 is 11.9 Å². The van der Waals surface area contributed by atoms with E-state index in [9.17, 15) is 31.5 Å². The molecule has 0 aliphatic rings. The normalized spacial score (nSPS) is 11.9. The second-order valence-corrected chi connectivity index (χ2v) is 4.09. The van der Waals surface area contributed by atoms with Crippen LogP contribution in [0.25, 0.3) is 0 Å². The van der Waals surface area contributed by atoms with E-state index in [0.717, 1.165) is 12.1 Å². The van der Waals surface area contributed by atoms with Crippen LogP contribution < -0.4 is 4.74 Å². The van der Waals surface area contributed by atoms with Crippen LogP contribution in [0.2, 0.25) is 0 Å². The predicted octanol–water partition coefficient (Wildman–Crippen LogP) is 2.90.